The van der Waals surface area contributed by atoms with Crippen molar-refractivity contribution in [3.63, 3.8) is 0 Å². The summed E-state index contributed by atoms with van der Waals surface area (Å²) in [6, 6.07) is 22.2. The molecular formula is C37H37N5O6. The average Bonchev–Trinajstić information content (AvgIpc) is 3.62. The molecule has 0 aliphatic carbocycles. The van der Waals surface area contributed by atoms with Crippen LogP contribution >= 0.6 is 0 Å². The maximum atomic E-state index is 13.4. The number of fused-ring (bicyclic) bond motifs is 2. The zero-order valence-corrected chi connectivity index (χ0v) is 26.6. The second-order valence-electron chi connectivity index (χ2n) is 12.5. The number of carbonyl (C=O) groups is 2. The maximum Gasteiger partial charge on any atom is 0.261 e. The molecule has 3 aromatic carbocycles. The van der Waals surface area contributed by atoms with Crippen LogP contribution in [0.5, 0.6) is 11.5 Å². The molecule has 7 rings (SSSR count). The Hall–Kier alpha value is -5.26. The molecule has 0 spiro atoms. The number of rotatable bonds is 11. The van der Waals surface area contributed by atoms with Crippen molar-refractivity contribution in [2.24, 2.45) is 4.99 Å². The number of carbonyl (C=O) groups excluding carboxylic acids is 2. The number of aliphatic imine (C=N–C) groups is 1. The third-order valence-corrected chi connectivity index (χ3v) is 9.06. The zero-order chi connectivity index (χ0) is 33.2. The standard InChI is InChI=1S/C37H37N5O6/c1-41-14-11-25(12-15-41)42-36(45)29-16-24-17-33(40-32(24)19-30(29)37(42)46)34-31(10-13-38-35(34)44)39-20-26(43)22-48-28-9-5-8-27(18-28)47-21-23-6-3-2-4-7-23/h2-10,13,16,18-19,25-26,43H,11-12,14-15,17,20-22H2,1H3,(H2,38,39,44). The number of aromatic amines is 1. The van der Waals surface area contributed by atoms with E-state index in [0.717, 1.165) is 37.1 Å². The van der Waals surface area contributed by atoms with E-state index >= 15 is 0 Å². The van der Waals surface area contributed by atoms with Crippen molar-refractivity contribution in [3.05, 3.63) is 117 Å². The van der Waals surface area contributed by atoms with Crippen molar-refractivity contribution in [1.29, 1.82) is 0 Å². The van der Waals surface area contributed by atoms with Crippen LogP contribution in [0.1, 0.15) is 50.2 Å². The first-order valence-corrected chi connectivity index (χ1v) is 16.2. The van der Waals surface area contributed by atoms with Gasteiger partial charge < -0.3 is 29.8 Å². The molecule has 4 heterocycles. The molecule has 11 nitrogen and oxygen atoms in total. The molecule has 2 amide bonds. The summed E-state index contributed by atoms with van der Waals surface area (Å²) >= 11 is 0. The summed E-state index contributed by atoms with van der Waals surface area (Å²) in [6.07, 6.45) is 2.49. The largest absolute Gasteiger partial charge is 0.491 e. The van der Waals surface area contributed by atoms with E-state index in [9.17, 15) is 19.5 Å². The van der Waals surface area contributed by atoms with E-state index in [1.165, 1.54) is 11.1 Å². The van der Waals surface area contributed by atoms with Crippen LogP contribution in [-0.4, -0.2) is 82.9 Å². The van der Waals surface area contributed by atoms with E-state index < -0.39 is 6.10 Å². The molecule has 0 radical (unpaired) electrons. The molecule has 1 aromatic heterocycles. The van der Waals surface area contributed by atoms with Gasteiger partial charge in [0.2, 0.25) is 0 Å². The number of pyridine rings is 1. The molecule has 1 fully saturated rings. The van der Waals surface area contributed by atoms with Crippen LogP contribution in [0, 0.1) is 0 Å². The van der Waals surface area contributed by atoms with Crippen molar-refractivity contribution in [2.75, 3.05) is 38.6 Å². The number of hydrogen-bond donors (Lipinski definition) is 3. The Bertz CT molecular complexity index is 1930. The van der Waals surface area contributed by atoms with Crippen LogP contribution in [0.2, 0.25) is 0 Å². The molecule has 1 saturated heterocycles. The van der Waals surface area contributed by atoms with Crippen molar-refractivity contribution in [2.45, 2.75) is 38.0 Å². The summed E-state index contributed by atoms with van der Waals surface area (Å²) < 4.78 is 11.7. The maximum absolute atomic E-state index is 13.4. The average molecular weight is 648 g/mol. The van der Waals surface area contributed by atoms with E-state index in [2.05, 4.69) is 15.2 Å². The third-order valence-electron chi connectivity index (χ3n) is 9.06. The smallest absolute Gasteiger partial charge is 0.261 e. The lowest BCUT2D eigenvalue weighted by Crippen LogP contribution is -2.46. The van der Waals surface area contributed by atoms with Gasteiger partial charge in [-0.05, 0) is 74.4 Å². The van der Waals surface area contributed by atoms with Gasteiger partial charge in [-0.3, -0.25) is 24.3 Å². The van der Waals surface area contributed by atoms with Crippen LogP contribution in [0.25, 0.3) is 0 Å². The van der Waals surface area contributed by atoms with Gasteiger partial charge in [-0.25, -0.2) is 0 Å². The number of piperidine rings is 1. The number of aliphatic hydroxyl groups is 1. The fourth-order valence-electron chi connectivity index (χ4n) is 6.46. The van der Waals surface area contributed by atoms with Gasteiger partial charge >= 0.3 is 0 Å². The van der Waals surface area contributed by atoms with Gasteiger partial charge in [-0.2, -0.15) is 0 Å². The highest BCUT2D eigenvalue weighted by Gasteiger charge is 2.42. The second kappa shape index (κ2) is 13.5. The molecule has 3 aliphatic heterocycles. The fourth-order valence-corrected chi connectivity index (χ4v) is 6.46. The highest BCUT2D eigenvalue weighted by molar-refractivity contribution is 6.22. The van der Waals surface area contributed by atoms with Gasteiger partial charge in [0.05, 0.1) is 33.8 Å². The van der Waals surface area contributed by atoms with Crippen LogP contribution in [-0.2, 0) is 13.0 Å². The number of hydrogen-bond acceptors (Lipinski definition) is 9. The quantitative estimate of drug-likeness (QED) is 0.207. The lowest BCUT2D eigenvalue weighted by molar-refractivity contribution is 0.0516. The topological polar surface area (TPSA) is 137 Å². The van der Waals surface area contributed by atoms with E-state index in [1.54, 1.807) is 30.3 Å². The number of nitrogens with one attached hydrogen (secondary N) is 2. The van der Waals surface area contributed by atoms with Gasteiger partial charge in [0, 0.05) is 31.3 Å². The summed E-state index contributed by atoms with van der Waals surface area (Å²) in [7, 11) is 2.04. The number of amides is 2. The first kappa shape index (κ1) is 31.3. The minimum Gasteiger partial charge on any atom is -0.491 e. The molecule has 1 atom stereocenters. The minimum absolute atomic E-state index is 0.0161. The molecule has 4 aromatic rings. The van der Waals surface area contributed by atoms with Gasteiger partial charge in [0.1, 0.15) is 30.8 Å². The Labute approximate surface area is 277 Å². The Balaban J connectivity index is 0.992. The van der Waals surface area contributed by atoms with Crippen LogP contribution in [0.3, 0.4) is 0 Å². The van der Waals surface area contributed by atoms with Crippen molar-refractivity contribution < 1.29 is 24.2 Å². The molecular weight excluding hydrogens is 610 g/mol. The van der Waals surface area contributed by atoms with Crippen molar-refractivity contribution >= 4 is 28.9 Å². The van der Waals surface area contributed by atoms with Crippen LogP contribution < -0.4 is 20.3 Å². The summed E-state index contributed by atoms with van der Waals surface area (Å²) in [5.41, 5.74) is 4.21. The first-order valence-electron chi connectivity index (χ1n) is 16.2. The molecule has 11 heteroatoms. The van der Waals surface area contributed by atoms with E-state index in [1.807, 2.05) is 49.5 Å². The van der Waals surface area contributed by atoms with E-state index in [-0.39, 0.29) is 36.6 Å². The molecule has 246 valence electrons. The normalized spacial score (nSPS) is 16.8. The lowest BCUT2D eigenvalue weighted by atomic mass is 10.00. The highest BCUT2D eigenvalue weighted by Crippen LogP contribution is 2.37. The predicted octanol–water partition coefficient (Wildman–Crippen LogP) is 4.17. The minimum atomic E-state index is -0.888. The van der Waals surface area contributed by atoms with Crippen LogP contribution in [0.4, 0.5) is 11.4 Å². The number of anilines is 1. The number of imide groups is 1. The van der Waals surface area contributed by atoms with E-state index in [4.69, 9.17) is 14.5 Å². The fraction of sp³-hybridized carbons (Fsp3) is 0.297. The van der Waals surface area contributed by atoms with Gasteiger partial charge in [-0.15, -0.1) is 0 Å². The first-order chi connectivity index (χ1) is 23.3. The Morgan fingerprint density at radius 3 is 2.44 bits per heavy atom. The molecule has 48 heavy (non-hydrogen) atoms. The Kier molecular flexibility index (Phi) is 8.79. The van der Waals surface area contributed by atoms with Crippen molar-refractivity contribution in [3.8, 4) is 11.5 Å². The highest BCUT2D eigenvalue weighted by atomic mass is 16.5. The number of aliphatic hydroxyl groups excluding tert-OH is 1. The van der Waals surface area contributed by atoms with Gasteiger partial charge in [0.25, 0.3) is 17.4 Å². The van der Waals surface area contributed by atoms with Crippen LogP contribution in [0.15, 0.2) is 88.8 Å². The molecule has 3 N–H and O–H groups in total. The zero-order valence-electron chi connectivity index (χ0n) is 26.6. The molecule has 0 bridgehead atoms. The van der Waals surface area contributed by atoms with Gasteiger partial charge in [0.15, 0.2) is 0 Å². The second-order valence-corrected chi connectivity index (χ2v) is 12.5. The van der Waals surface area contributed by atoms with Gasteiger partial charge in [-0.1, -0.05) is 36.4 Å². The Morgan fingerprint density at radius 1 is 0.938 bits per heavy atom. The summed E-state index contributed by atoms with van der Waals surface area (Å²) in [5.74, 6) is 0.679. The summed E-state index contributed by atoms with van der Waals surface area (Å²) in [4.78, 5) is 50.9. The van der Waals surface area contributed by atoms with Crippen molar-refractivity contribution in [1.82, 2.24) is 14.8 Å². The molecule has 0 saturated carbocycles. The van der Waals surface area contributed by atoms with E-state index in [0.29, 0.717) is 58.3 Å². The molecule has 1 unspecified atom stereocenters. The third kappa shape index (κ3) is 6.47. The summed E-state index contributed by atoms with van der Waals surface area (Å²) in [5, 5.41) is 13.9. The lowest BCUT2D eigenvalue weighted by Gasteiger charge is -2.33. The Morgan fingerprint density at radius 2 is 1.67 bits per heavy atom. The molecule has 3 aliphatic rings. The number of H-pyrrole nitrogens is 1. The monoisotopic (exact) mass is 647 g/mol. The number of nitrogens with zero attached hydrogens (tertiary/aromatic N) is 3. The SMILES string of the molecule is CN1CCC(N2C(=O)c3cc4c(cc3C2=O)N=C(c2c(NCC(O)COc3cccc(OCc5ccccc5)c3)cc[nH]c2=O)C4)CC1. The number of aromatic nitrogens is 1. The predicted molar refractivity (Wildman–Crippen MR) is 182 cm³/mol. The number of likely N-dealkylation sites (tertiary alicyclic amines) is 1. The number of ether oxygens (including phenoxy) is 2. The summed E-state index contributed by atoms with van der Waals surface area (Å²) in [6.45, 7) is 2.25. The number of benzene rings is 3.